The first-order chi connectivity index (χ1) is 8.56. The minimum atomic E-state index is -0.487. The van der Waals surface area contributed by atoms with Gasteiger partial charge in [0.2, 0.25) is 0 Å². The fourth-order valence-electron chi connectivity index (χ4n) is 2.38. The molecule has 1 fully saturated rings. The molecule has 2 unspecified atom stereocenters. The molecule has 0 N–H and O–H groups in total. The highest BCUT2D eigenvalue weighted by molar-refractivity contribution is 6.32. The standard InChI is InChI=1S/C13H16ClNO3/c1-9-3-2-4-10(7-9)18-11-5-6-12(14)13(8-11)15(16)17/h5-6,8-10H,2-4,7H2,1H3. The number of benzene rings is 1. The number of hydrogen-bond donors (Lipinski definition) is 0. The molecule has 0 amide bonds. The predicted octanol–water partition coefficient (Wildman–Crippen LogP) is 4.21. The molecule has 0 aromatic heterocycles. The molecule has 5 heteroatoms. The fraction of sp³-hybridized carbons (Fsp3) is 0.538. The molecule has 0 spiro atoms. The molecule has 0 saturated heterocycles. The molecule has 18 heavy (non-hydrogen) atoms. The van der Waals surface area contributed by atoms with Crippen LogP contribution in [0.5, 0.6) is 5.75 Å². The summed E-state index contributed by atoms with van der Waals surface area (Å²) in [6.45, 7) is 2.21. The molecular weight excluding hydrogens is 254 g/mol. The Hall–Kier alpha value is -1.29. The van der Waals surface area contributed by atoms with Crippen LogP contribution in [0.25, 0.3) is 0 Å². The van der Waals surface area contributed by atoms with E-state index in [0.29, 0.717) is 11.7 Å². The highest BCUT2D eigenvalue weighted by Crippen LogP contribution is 2.32. The van der Waals surface area contributed by atoms with E-state index in [1.807, 2.05) is 0 Å². The monoisotopic (exact) mass is 269 g/mol. The molecule has 4 nitrogen and oxygen atoms in total. The van der Waals surface area contributed by atoms with Crippen LogP contribution < -0.4 is 4.74 Å². The molecule has 1 aromatic rings. The number of nitrogens with zero attached hydrogens (tertiary/aromatic N) is 1. The Balaban J connectivity index is 2.09. The van der Waals surface area contributed by atoms with Gasteiger partial charge in [-0.1, -0.05) is 24.9 Å². The molecule has 2 rings (SSSR count). The van der Waals surface area contributed by atoms with Crippen LogP contribution in [0.15, 0.2) is 18.2 Å². The molecule has 0 heterocycles. The molecule has 2 atom stereocenters. The van der Waals surface area contributed by atoms with E-state index in [0.717, 1.165) is 19.3 Å². The molecule has 1 saturated carbocycles. The van der Waals surface area contributed by atoms with Crippen molar-refractivity contribution in [3.05, 3.63) is 33.3 Å². The summed E-state index contributed by atoms with van der Waals surface area (Å²) in [4.78, 5) is 10.3. The average Bonchev–Trinajstić information content (AvgIpc) is 2.31. The van der Waals surface area contributed by atoms with Crippen LogP contribution >= 0.6 is 11.6 Å². The van der Waals surface area contributed by atoms with E-state index in [4.69, 9.17) is 16.3 Å². The Kier molecular flexibility index (Phi) is 4.07. The SMILES string of the molecule is CC1CCCC(Oc2ccc(Cl)c([N+](=O)[O-])c2)C1. The number of ether oxygens (including phenoxy) is 1. The van der Waals surface area contributed by atoms with E-state index >= 15 is 0 Å². The third kappa shape index (κ3) is 3.13. The number of halogens is 1. The minimum Gasteiger partial charge on any atom is -0.490 e. The Labute approximate surface area is 111 Å². The molecule has 0 aliphatic heterocycles. The predicted molar refractivity (Wildman–Crippen MR) is 70.2 cm³/mol. The zero-order valence-corrected chi connectivity index (χ0v) is 11.0. The summed E-state index contributed by atoms with van der Waals surface area (Å²) in [7, 11) is 0. The van der Waals surface area contributed by atoms with Gasteiger partial charge in [0.05, 0.1) is 17.1 Å². The molecule has 98 valence electrons. The highest BCUT2D eigenvalue weighted by atomic mass is 35.5. The van der Waals surface area contributed by atoms with Gasteiger partial charge in [0.15, 0.2) is 0 Å². The number of nitro groups is 1. The first kappa shape index (κ1) is 13.1. The summed E-state index contributed by atoms with van der Waals surface area (Å²) >= 11 is 5.76. The zero-order valence-electron chi connectivity index (χ0n) is 10.3. The van der Waals surface area contributed by atoms with Gasteiger partial charge in [-0.2, -0.15) is 0 Å². The van der Waals surface area contributed by atoms with E-state index in [1.54, 1.807) is 6.07 Å². The summed E-state index contributed by atoms with van der Waals surface area (Å²) in [6.07, 6.45) is 4.58. The minimum absolute atomic E-state index is 0.0991. The second kappa shape index (κ2) is 5.57. The van der Waals surface area contributed by atoms with Gasteiger partial charge in [-0.3, -0.25) is 10.1 Å². The van der Waals surface area contributed by atoms with Gasteiger partial charge in [0.1, 0.15) is 10.8 Å². The van der Waals surface area contributed by atoms with Crippen molar-refractivity contribution < 1.29 is 9.66 Å². The quantitative estimate of drug-likeness (QED) is 0.610. The smallest absolute Gasteiger partial charge is 0.291 e. The molecule has 0 bridgehead atoms. The van der Waals surface area contributed by atoms with Crippen molar-refractivity contribution in [2.45, 2.75) is 38.7 Å². The number of nitro benzene ring substituents is 1. The lowest BCUT2D eigenvalue weighted by molar-refractivity contribution is -0.384. The lowest BCUT2D eigenvalue weighted by Gasteiger charge is -2.27. The normalized spacial score (nSPS) is 23.7. The van der Waals surface area contributed by atoms with Crippen LogP contribution in [-0.2, 0) is 0 Å². The second-order valence-electron chi connectivity index (χ2n) is 4.88. The number of rotatable bonds is 3. The Bertz CT molecular complexity index is 450. The van der Waals surface area contributed by atoms with Gasteiger partial charge in [-0.15, -0.1) is 0 Å². The van der Waals surface area contributed by atoms with E-state index in [9.17, 15) is 10.1 Å². The lowest BCUT2D eigenvalue weighted by atomic mass is 9.89. The molecule has 0 radical (unpaired) electrons. The van der Waals surface area contributed by atoms with Gasteiger partial charge in [-0.25, -0.2) is 0 Å². The van der Waals surface area contributed by atoms with E-state index in [1.165, 1.54) is 18.6 Å². The fourth-order valence-corrected chi connectivity index (χ4v) is 2.57. The van der Waals surface area contributed by atoms with Crippen LogP contribution in [0.3, 0.4) is 0 Å². The Morgan fingerprint density at radius 2 is 2.22 bits per heavy atom. The first-order valence-electron chi connectivity index (χ1n) is 6.17. The van der Waals surface area contributed by atoms with Gasteiger partial charge < -0.3 is 4.74 Å². The van der Waals surface area contributed by atoms with Crippen molar-refractivity contribution in [1.29, 1.82) is 0 Å². The molecule has 1 aromatic carbocycles. The lowest BCUT2D eigenvalue weighted by Crippen LogP contribution is -2.24. The maximum absolute atomic E-state index is 10.8. The maximum Gasteiger partial charge on any atom is 0.291 e. The highest BCUT2D eigenvalue weighted by Gasteiger charge is 2.21. The topological polar surface area (TPSA) is 52.4 Å². The molecular formula is C13H16ClNO3. The summed E-state index contributed by atoms with van der Waals surface area (Å²) in [5, 5.41) is 10.9. The number of hydrogen-bond acceptors (Lipinski definition) is 3. The Morgan fingerprint density at radius 1 is 1.44 bits per heavy atom. The molecule has 1 aliphatic rings. The Morgan fingerprint density at radius 3 is 2.89 bits per heavy atom. The van der Waals surface area contributed by atoms with Gasteiger partial charge in [0, 0.05) is 0 Å². The first-order valence-corrected chi connectivity index (χ1v) is 6.54. The summed E-state index contributed by atoms with van der Waals surface area (Å²) in [5.74, 6) is 1.19. The third-order valence-corrected chi connectivity index (χ3v) is 3.62. The van der Waals surface area contributed by atoms with Crippen molar-refractivity contribution in [2.75, 3.05) is 0 Å². The van der Waals surface area contributed by atoms with Crippen LogP contribution in [0.4, 0.5) is 5.69 Å². The van der Waals surface area contributed by atoms with Crippen LogP contribution in [0.1, 0.15) is 32.6 Å². The zero-order chi connectivity index (χ0) is 13.1. The third-order valence-electron chi connectivity index (χ3n) is 3.31. The van der Waals surface area contributed by atoms with Crippen LogP contribution in [-0.4, -0.2) is 11.0 Å². The largest absolute Gasteiger partial charge is 0.490 e. The van der Waals surface area contributed by atoms with Crippen LogP contribution in [0.2, 0.25) is 5.02 Å². The molecule has 1 aliphatic carbocycles. The maximum atomic E-state index is 10.8. The van der Waals surface area contributed by atoms with Gasteiger partial charge in [-0.05, 0) is 37.3 Å². The van der Waals surface area contributed by atoms with Crippen LogP contribution in [0, 0.1) is 16.0 Å². The van der Waals surface area contributed by atoms with Gasteiger partial charge in [0.25, 0.3) is 5.69 Å². The van der Waals surface area contributed by atoms with Crippen molar-refractivity contribution in [2.24, 2.45) is 5.92 Å². The average molecular weight is 270 g/mol. The summed E-state index contributed by atoms with van der Waals surface area (Å²) in [6, 6.07) is 4.61. The van der Waals surface area contributed by atoms with Crippen molar-refractivity contribution in [3.8, 4) is 5.75 Å². The van der Waals surface area contributed by atoms with E-state index in [-0.39, 0.29) is 16.8 Å². The van der Waals surface area contributed by atoms with Crippen molar-refractivity contribution in [3.63, 3.8) is 0 Å². The van der Waals surface area contributed by atoms with E-state index in [2.05, 4.69) is 6.92 Å². The van der Waals surface area contributed by atoms with Crippen molar-refractivity contribution >= 4 is 17.3 Å². The second-order valence-corrected chi connectivity index (χ2v) is 5.29. The van der Waals surface area contributed by atoms with E-state index < -0.39 is 4.92 Å². The summed E-state index contributed by atoms with van der Waals surface area (Å²) in [5.41, 5.74) is -0.0991. The van der Waals surface area contributed by atoms with Crippen molar-refractivity contribution in [1.82, 2.24) is 0 Å². The summed E-state index contributed by atoms with van der Waals surface area (Å²) < 4.78 is 5.81. The van der Waals surface area contributed by atoms with Gasteiger partial charge >= 0.3 is 0 Å².